The van der Waals surface area contributed by atoms with Crippen molar-refractivity contribution in [3.8, 4) is 0 Å². The van der Waals surface area contributed by atoms with Gasteiger partial charge in [0.2, 0.25) is 0 Å². The quantitative estimate of drug-likeness (QED) is 0.535. The van der Waals surface area contributed by atoms with Crippen LogP contribution in [0.15, 0.2) is 48.5 Å². The molecule has 8 heteroatoms. The molecule has 0 aliphatic heterocycles. The average molecular weight is 418 g/mol. The number of rotatable bonds is 4. The lowest BCUT2D eigenvalue weighted by molar-refractivity contribution is -0.137. The molecule has 0 aliphatic carbocycles. The van der Waals surface area contributed by atoms with Gasteiger partial charge in [0, 0.05) is 17.4 Å². The zero-order chi connectivity index (χ0) is 21.2. The first-order valence-electron chi connectivity index (χ1n) is 8.97. The Bertz CT molecular complexity index is 1040. The monoisotopic (exact) mass is 418 g/mol. The van der Waals surface area contributed by atoms with Crippen LogP contribution >= 0.6 is 12.2 Å². The third-order valence-corrected chi connectivity index (χ3v) is 4.65. The molecule has 0 amide bonds. The van der Waals surface area contributed by atoms with E-state index in [4.69, 9.17) is 12.2 Å². The van der Waals surface area contributed by atoms with Crippen molar-refractivity contribution in [1.82, 2.24) is 9.78 Å². The van der Waals surface area contributed by atoms with Gasteiger partial charge < -0.3 is 10.6 Å². The number of hydrogen-bond acceptors (Lipinski definition) is 2. The van der Waals surface area contributed by atoms with Crippen LogP contribution < -0.4 is 10.6 Å². The number of aromatic nitrogens is 2. The van der Waals surface area contributed by atoms with Gasteiger partial charge in [-0.05, 0) is 67.9 Å². The Kier molecular flexibility index (Phi) is 5.93. The molecular formula is C21H21F3N4S. The summed E-state index contributed by atoms with van der Waals surface area (Å²) in [6, 6.07) is 13.1. The maximum atomic E-state index is 12.9. The van der Waals surface area contributed by atoms with Crippen LogP contribution in [0, 0.1) is 20.8 Å². The first kappa shape index (κ1) is 20.9. The zero-order valence-electron chi connectivity index (χ0n) is 16.3. The molecule has 3 aromatic rings. The van der Waals surface area contributed by atoms with Crippen molar-refractivity contribution in [2.24, 2.45) is 0 Å². The van der Waals surface area contributed by atoms with Gasteiger partial charge in [-0.2, -0.15) is 18.3 Å². The normalized spacial score (nSPS) is 11.4. The summed E-state index contributed by atoms with van der Waals surface area (Å²) in [4.78, 5) is 0. The van der Waals surface area contributed by atoms with Crippen LogP contribution in [-0.4, -0.2) is 14.9 Å². The molecule has 2 aromatic carbocycles. The number of hydrogen-bond donors (Lipinski definition) is 2. The summed E-state index contributed by atoms with van der Waals surface area (Å²) in [7, 11) is 0. The van der Waals surface area contributed by atoms with Crippen LogP contribution in [0.1, 0.15) is 27.9 Å². The fourth-order valence-electron chi connectivity index (χ4n) is 2.89. The second kappa shape index (κ2) is 8.24. The zero-order valence-corrected chi connectivity index (χ0v) is 17.1. The Hall–Kier alpha value is -2.87. The fraction of sp³-hybridized carbons (Fsp3) is 0.238. The van der Waals surface area contributed by atoms with E-state index in [1.165, 1.54) is 6.07 Å². The largest absolute Gasteiger partial charge is 0.416 e. The predicted molar refractivity (Wildman–Crippen MR) is 113 cm³/mol. The Labute approximate surface area is 172 Å². The van der Waals surface area contributed by atoms with Gasteiger partial charge >= 0.3 is 6.18 Å². The summed E-state index contributed by atoms with van der Waals surface area (Å²) in [6.07, 6.45) is -4.37. The average Bonchev–Trinajstić information content (AvgIpc) is 2.96. The molecule has 0 spiro atoms. The van der Waals surface area contributed by atoms with E-state index in [2.05, 4.69) is 15.7 Å². The second-order valence-corrected chi connectivity index (χ2v) is 7.33. The molecule has 1 heterocycles. The highest BCUT2D eigenvalue weighted by Crippen LogP contribution is 2.29. The Balaban J connectivity index is 1.70. The number of anilines is 2. The van der Waals surface area contributed by atoms with Crippen molar-refractivity contribution in [3.05, 3.63) is 76.5 Å². The van der Waals surface area contributed by atoms with E-state index in [9.17, 15) is 13.2 Å². The molecule has 0 unspecified atom stereocenters. The van der Waals surface area contributed by atoms with Gasteiger partial charge in [-0.1, -0.05) is 24.3 Å². The molecule has 3 rings (SSSR count). The van der Waals surface area contributed by atoms with Crippen LogP contribution in [0.3, 0.4) is 0 Å². The number of benzene rings is 2. The SMILES string of the molecule is Cc1ccc(C)c(NC(=S)Nc2cc(C)n(Cc3cccc(C(F)(F)F)c3)n2)c1. The van der Waals surface area contributed by atoms with Gasteiger partial charge in [0.1, 0.15) is 0 Å². The van der Waals surface area contributed by atoms with Crippen molar-refractivity contribution < 1.29 is 13.2 Å². The molecule has 2 N–H and O–H groups in total. The highest BCUT2D eigenvalue weighted by atomic mass is 32.1. The molecule has 152 valence electrons. The van der Waals surface area contributed by atoms with Gasteiger partial charge in [0.25, 0.3) is 0 Å². The third kappa shape index (κ3) is 5.35. The third-order valence-electron chi connectivity index (χ3n) is 4.45. The molecule has 0 saturated heterocycles. The lowest BCUT2D eigenvalue weighted by Crippen LogP contribution is -2.20. The maximum Gasteiger partial charge on any atom is 0.416 e. The van der Waals surface area contributed by atoms with Gasteiger partial charge in [0.05, 0.1) is 12.1 Å². The van der Waals surface area contributed by atoms with E-state index in [1.54, 1.807) is 16.8 Å². The lowest BCUT2D eigenvalue weighted by Gasteiger charge is -2.12. The maximum absolute atomic E-state index is 12.9. The summed E-state index contributed by atoms with van der Waals surface area (Å²) in [5.74, 6) is 0.525. The van der Waals surface area contributed by atoms with E-state index in [-0.39, 0.29) is 6.54 Å². The first-order chi connectivity index (χ1) is 13.6. The van der Waals surface area contributed by atoms with Crippen molar-refractivity contribution in [2.45, 2.75) is 33.5 Å². The highest BCUT2D eigenvalue weighted by molar-refractivity contribution is 7.80. The van der Waals surface area contributed by atoms with Crippen LogP contribution in [0.4, 0.5) is 24.7 Å². The van der Waals surface area contributed by atoms with Crippen molar-refractivity contribution >= 4 is 28.8 Å². The molecule has 4 nitrogen and oxygen atoms in total. The minimum absolute atomic E-state index is 0.231. The summed E-state index contributed by atoms with van der Waals surface area (Å²) in [5.41, 5.74) is 3.74. The summed E-state index contributed by atoms with van der Waals surface area (Å²) < 4.78 is 40.4. The Morgan fingerprint density at radius 2 is 1.79 bits per heavy atom. The number of aryl methyl sites for hydroxylation is 3. The number of thiocarbonyl (C=S) groups is 1. The van der Waals surface area contributed by atoms with Crippen molar-refractivity contribution in [3.63, 3.8) is 0 Å². The Morgan fingerprint density at radius 3 is 2.52 bits per heavy atom. The highest BCUT2D eigenvalue weighted by Gasteiger charge is 2.30. The van der Waals surface area contributed by atoms with Gasteiger partial charge in [0.15, 0.2) is 10.9 Å². The predicted octanol–water partition coefficient (Wildman–Crippen LogP) is 5.68. The minimum Gasteiger partial charge on any atom is -0.332 e. The molecule has 0 radical (unpaired) electrons. The molecule has 0 fully saturated rings. The minimum atomic E-state index is -4.37. The second-order valence-electron chi connectivity index (χ2n) is 6.92. The first-order valence-corrected chi connectivity index (χ1v) is 9.38. The molecule has 0 bridgehead atoms. The smallest absolute Gasteiger partial charge is 0.332 e. The summed E-state index contributed by atoms with van der Waals surface area (Å²) in [5, 5.41) is 11.0. The van der Waals surface area contributed by atoms with Crippen molar-refractivity contribution in [1.29, 1.82) is 0 Å². The van der Waals surface area contributed by atoms with E-state index in [0.29, 0.717) is 16.5 Å². The topological polar surface area (TPSA) is 41.9 Å². The van der Waals surface area contributed by atoms with Crippen LogP contribution in [-0.2, 0) is 12.7 Å². The number of nitrogens with one attached hydrogen (secondary N) is 2. The van der Waals surface area contributed by atoms with E-state index in [1.807, 2.05) is 39.0 Å². The number of nitrogens with zero attached hydrogens (tertiary/aromatic N) is 2. The van der Waals surface area contributed by atoms with Crippen molar-refractivity contribution in [2.75, 3.05) is 10.6 Å². The molecule has 29 heavy (non-hydrogen) atoms. The van der Waals surface area contributed by atoms with Crippen LogP contribution in [0.25, 0.3) is 0 Å². The van der Waals surface area contributed by atoms with Gasteiger partial charge in [-0.3, -0.25) is 4.68 Å². The van der Waals surface area contributed by atoms with Gasteiger partial charge in [-0.25, -0.2) is 0 Å². The Morgan fingerprint density at radius 1 is 1.03 bits per heavy atom. The molecule has 0 atom stereocenters. The van der Waals surface area contributed by atoms with E-state index in [0.717, 1.165) is 34.6 Å². The number of alkyl halides is 3. The number of halogens is 3. The summed E-state index contributed by atoms with van der Waals surface area (Å²) >= 11 is 5.36. The standard InChI is InChI=1S/C21H21F3N4S/c1-13-7-8-14(2)18(9-13)25-20(29)26-19-10-15(3)28(27-19)12-16-5-4-6-17(11-16)21(22,23)24/h4-11H,12H2,1-3H3,(H2,25,26,27,29). The molecule has 0 aliphatic rings. The molecule has 1 aromatic heterocycles. The summed E-state index contributed by atoms with van der Waals surface area (Å²) in [6.45, 7) is 6.06. The van der Waals surface area contributed by atoms with E-state index >= 15 is 0 Å². The molecule has 0 saturated carbocycles. The van der Waals surface area contributed by atoms with Crippen LogP contribution in [0.5, 0.6) is 0 Å². The van der Waals surface area contributed by atoms with Gasteiger partial charge in [-0.15, -0.1) is 0 Å². The molecular weight excluding hydrogens is 397 g/mol. The lowest BCUT2D eigenvalue weighted by atomic mass is 10.1. The fourth-order valence-corrected chi connectivity index (χ4v) is 3.11. The van der Waals surface area contributed by atoms with Crippen LogP contribution in [0.2, 0.25) is 0 Å². The van der Waals surface area contributed by atoms with E-state index < -0.39 is 11.7 Å².